The first-order valence-electron chi connectivity index (χ1n) is 9.36. The highest BCUT2D eigenvalue weighted by molar-refractivity contribution is 6.02. The van der Waals surface area contributed by atoms with Gasteiger partial charge in [0.05, 0.1) is 7.11 Å². The Labute approximate surface area is 179 Å². The lowest BCUT2D eigenvalue weighted by atomic mass is 10.1. The van der Waals surface area contributed by atoms with Crippen LogP contribution in [0.5, 0.6) is 17.2 Å². The molecule has 0 saturated carbocycles. The van der Waals surface area contributed by atoms with E-state index >= 15 is 0 Å². The first-order chi connectivity index (χ1) is 14.9. The maximum atomic E-state index is 12.2. The van der Waals surface area contributed by atoms with Crippen molar-refractivity contribution < 1.29 is 29.3 Å². The van der Waals surface area contributed by atoms with Gasteiger partial charge in [-0.1, -0.05) is 30.3 Å². The van der Waals surface area contributed by atoms with Gasteiger partial charge >= 0.3 is 5.97 Å². The van der Waals surface area contributed by atoms with E-state index in [-0.39, 0.29) is 18.1 Å². The summed E-state index contributed by atoms with van der Waals surface area (Å²) >= 11 is 0. The van der Waals surface area contributed by atoms with Gasteiger partial charge in [0.25, 0.3) is 5.91 Å². The van der Waals surface area contributed by atoms with Gasteiger partial charge in [-0.25, -0.2) is 4.79 Å². The molecule has 7 nitrogen and oxygen atoms in total. The van der Waals surface area contributed by atoms with Crippen LogP contribution in [0.2, 0.25) is 0 Å². The molecule has 7 heteroatoms. The van der Waals surface area contributed by atoms with E-state index in [1.807, 2.05) is 0 Å². The number of nitrogens with one attached hydrogen (secondary N) is 1. The maximum Gasteiger partial charge on any atom is 0.352 e. The van der Waals surface area contributed by atoms with Crippen LogP contribution < -0.4 is 14.8 Å². The van der Waals surface area contributed by atoms with Gasteiger partial charge < -0.3 is 25.0 Å². The fraction of sp³-hybridized carbons (Fsp3) is 0.0833. The van der Waals surface area contributed by atoms with E-state index in [1.165, 1.54) is 19.3 Å². The van der Waals surface area contributed by atoms with Gasteiger partial charge in [-0.05, 0) is 53.6 Å². The summed E-state index contributed by atoms with van der Waals surface area (Å²) in [4.78, 5) is 23.8. The number of carbonyl (C=O) groups is 2. The molecule has 158 valence electrons. The van der Waals surface area contributed by atoms with Crippen LogP contribution in [0.4, 0.5) is 0 Å². The van der Waals surface area contributed by atoms with Crippen molar-refractivity contribution in [3.63, 3.8) is 0 Å². The smallest absolute Gasteiger partial charge is 0.352 e. The summed E-state index contributed by atoms with van der Waals surface area (Å²) in [5.74, 6) is -0.585. The van der Waals surface area contributed by atoms with Crippen LogP contribution in [0.25, 0.3) is 6.08 Å². The van der Waals surface area contributed by atoms with Crippen molar-refractivity contribution in [3.8, 4) is 17.2 Å². The molecule has 3 rings (SSSR count). The minimum Gasteiger partial charge on any atom is -0.508 e. The Morgan fingerprint density at radius 1 is 0.968 bits per heavy atom. The van der Waals surface area contributed by atoms with Crippen molar-refractivity contribution >= 4 is 18.0 Å². The van der Waals surface area contributed by atoms with Crippen molar-refractivity contribution in [2.75, 3.05) is 7.11 Å². The minimum atomic E-state index is -1.25. The highest BCUT2D eigenvalue weighted by atomic mass is 16.5. The van der Waals surface area contributed by atoms with Gasteiger partial charge in [0, 0.05) is 11.6 Å². The van der Waals surface area contributed by atoms with Crippen molar-refractivity contribution in [2.45, 2.75) is 6.61 Å². The number of methoxy groups -OCH3 is 1. The SMILES string of the molecule is COc1cc(O)cc(COc2ccc(/C=C(\NC(=O)c3ccccc3)C(=O)O)cc2)c1. The van der Waals surface area contributed by atoms with Crippen molar-refractivity contribution in [1.82, 2.24) is 5.32 Å². The molecule has 0 aromatic heterocycles. The number of amides is 1. The Bertz CT molecular complexity index is 1090. The second kappa shape index (κ2) is 9.98. The van der Waals surface area contributed by atoms with Crippen LogP contribution in [0.1, 0.15) is 21.5 Å². The van der Waals surface area contributed by atoms with Gasteiger partial charge in [0.15, 0.2) is 0 Å². The topological polar surface area (TPSA) is 105 Å². The van der Waals surface area contributed by atoms with Crippen LogP contribution in [0, 0.1) is 0 Å². The van der Waals surface area contributed by atoms with Crippen LogP contribution in [0.3, 0.4) is 0 Å². The summed E-state index contributed by atoms with van der Waals surface area (Å²) in [5.41, 5.74) is 1.44. The number of ether oxygens (including phenoxy) is 2. The number of aliphatic carboxylic acids is 1. The Balaban J connectivity index is 1.67. The lowest BCUT2D eigenvalue weighted by Crippen LogP contribution is -2.27. The van der Waals surface area contributed by atoms with Gasteiger partial charge in [-0.3, -0.25) is 4.79 Å². The van der Waals surface area contributed by atoms with Crippen LogP contribution in [-0.4, -0.2) is 29.2 Å². The monoisotopic (exact) mass is 419 g/mol. The molecule has 0 atom stereocenters. The van der Waals surface area contributed by atoms with Gasteiger partial charge in [0.1, 0.15) is 29.6 Å². The van der Waals surface area contributed by atoms with E-state index in [0.717, 1.165) is 5.56 Å². The average Bonchev–Trinajstić information content (AvgIpc) is 2.78. The summed E-state index contributed by atoms with van der Waals surface area (Å²) in [5, 5.41) is 21.5. The maximum absolute atomic E-state index is 12.2. The molecule has 0 saturated heterocycles. The molecule has 0 radical (unpaired) electrons. The lowest BCUT2D eigenvalue weighted by Gasteiger charge is -2.09. The molecule has 31 heavy (non-hydrogen) atoms. The molecule has 0 aliphatic heterocycles. The molecule has 1 amide bonds. The molecular formula is C24H21NO6. The number of carbonyl (C=O) groups excluding carboxylic acids is 1. The Morgan fingerprint density at radius 2 is 1.68 bits per heavy atom. The molecule has 0 fully saturated rings. The van der Waals surface area contributed by atoms with Crippen molar-refractivity contribution in [1.29, 1.82) is 0 Å². The number of rotatable bonds is 8. The van der Waals surface area contributed by atoms with E-state index in [4.69, 9.17) is 9.47 Å². The average molecular weight is 419 g/mol. The normalized spacial score (nSPS) is 10.9. The number of hydrogen-bond acceptors (Lipinski definition) is 5. The van der Waals surface area contributed by atoms with Crippen molar-refractivity contribution in [3.05, 3.63) is 95.2 Å². The van der Waals surface area contributed by atoms with Crippen LogP contribution in [-0.2, 0) is 11.4 Å². The van der Waals surface area contributed by atoms with E-state index in [1.54, 1.807) is 66.7 Å². The van der Waals surface area contributed by atoms with E-state index in [0.29, 0.717) is 22.6 Å². The third kappa shape index (κ3) is 6.11. The van der Waals surface area contributed by atoms with Crippen LogP contribution in [0.15, 0.2) is 78.5 Å². The lowest BCUT2D eigenvalue weighted by molar-refractivity contribution is -0.132. The summed E-state index contributed by atoms with van der Waals surface area (Å²) in [6.07, 6.45) is 1.37. The van der Waals surface area contributed by atoms with Gasteiger partial charge in [-0.2, -0.15) is 0 Å². The van der Waals surface area contributed by atoms with Crippen LogP contribution >= 0.6 is 0 Å². The molecule has 0 spiro atoms. The van der Waals surface area contributed by atoms with E-state index < -0.39 is 11.9 Å². The second-order valence-electron chi connectivity index (χ2n) is 6.58. The number of benzene rings is 3. The number of carboxylic acids is 1. The molecule has 0 aliphatic rings. The Kier molecular flexibility index (Phi) is 6.90. The number of hydrogen-bond donors (Lipinski definition) is 3. The molecule has 3 aromatic carbocycles. The van der Waals surface area contributed by atoms with Gasteiger partial charge in [0.2, 0.25) is 0 Å². The minimum absolute atomic E-state index is 0.0807. The standard InChI is InChI=1S/C24H21NO6/c1-30-21-12-17(11-19(26)14-21)15-31-20-9-7-16(8-10-20)13-22(24(28)29)25-23(27)18-5-3-2-4-6-18/h2-14,26H,15H2,1H3,(H,25,27)(H,28,29)/b22-13-. The predicted octanol–water partition coefficient (Wildman–Crippen LogP) is 3.84. The zero-order chi connectivity index (χ0) is 22.2. The Morgan fingerprint density at radius 3 is 2.32 bits per heavy atom. The first kappa shape index (κ1) is 21.4. The second-order valence-corrected chi connectivity index (χ2v) is 6.58. The zero-order valence-electron chi connectivity index (χ0n) is 16.7. The van der Waals surface area contributed by atoms with E-state index in [9.17, 15) is 19.8 Å². The Hall–Kier alpha value is -4.26. The summed E-state index contributed by atoms with van der Waals surface area (Å²) in [6, 6.07) is 19.9. The molecule has 0 aliphatic carbocycles. The molecule has 0 heterocycles. The number of carboxylic acid groups (broad SMARTS) is 1. The largest absolute Gasteiger partial charge is 0.508 e. The predicted molar refractivity (Wildman–Crippen MR) is 115 cm³/mol. The van der Waals surface area contributed by atoms with E-state index in [2.05, 4.69) is 5.32 Å². The summed E-state index contributed by atoms with van der Waals surface area (Å²) in [6.45, 7) is 0.216. The fourth-order valence-electron chi connectivity index (χ4n) is 2.77. The summed E-state index contributed by atoms with van der Waals surface area (Å²) < 4.78 is 10.8. The molecule has 3 N–H and O–H groups in total. The number of aromatic hydroxyl groups is 1. The molecule has 3 aromatic rings. The fourth-order valence-corrected chi connectivity index (χ4v) is 2.77. The molecule has 0 bridgehead atoms. The molecular weight excluding hydrogens is 398 g/mol. The van der Waals surface area contributed by atoms with Crippen molar-refractivity contribution in [2.24, 2.45) is 0 Å². The molecule has 0 unspecified atom stereocenters. The zero-order valence-corrected chi connectivity index (χ0v) is 16.7. The third-order valence-corrected chi connectivity index (χ3v) is 4.30. The number of phenols is 1. The first-order valence-corrected chi connectivity index (χ1v) is 9.36. The highest BCUT2D eigenvalue weighted by Gasteiger charge is 2.13. The quantitative estimate of drug-likeness (QED) is 0.479. The summed E-state index contributed by atoms with van der Waals surface area (Å²) in [7, 11) is 1.51. The highest BCUT2D eigenvalue weighted by Crippen LogP contribution is 2.23. The third-order valence-electron chi connectivity index (χ3n) is 4.30. The van der Waals surface area contributed by atoms with Gasteiger partial charge in [-0.15, -0.1) is 0 Å². The number of phenolic OH excluding ortho intramolecular Hbond substituents is 1.